The number of nitrogens with zero attached hydrogens (tertiary/aromatic N) is 1. The van der Waals surface area contributed by atoms with Crippen LogP contribution in [0.4, 0.5) is 0 Å². The van der Waals surface area contributed by atoms with E-state index in [1.54, 1.807) is 0 Å². The molecule has 7 heteroatoms. The highest BCUT2D eigenvalue weighted by molar-refractivity contribution is 6.00. The zero-order valence-electron chi connectivity index (χ0n) is 17.0. The molecule has 1 aromatic carbocycles. The molecular weight excluding hydrogens is 384 g/mol. The lowest BCUT2D eigenvalue weighted by atomic mass is 9.86. The summed E-state index contributed by atoms with van der Waals surface area (Å²) in [6, 6.07) is 7.53. The van der Waals surface area contributed by atoms with E-state index in [0.29, 0.717) is 25.9 Å². The SMILES string of the molecule is O=C[C@@H]1CCN(C(=O)[C@H]2CC[C@H](Oc3ccc(C4CCC(=O)NC4=O)cc3)CC2)C1. The number of imide groups is 1. The first-order valence-corrected chi connectivity index (χ1v) is 10.9. The van der Waals surface area contributed by atoms with Crippen LogP contribution in [0.25, 0.3) is 0 Å². The summed E-state index contributed by atoms with van der Waals surface area (Å²) in [5.74, 6) is 0.240. The van der Waals surface area contributed by atoms with Gasteiger partial charge in [-0.15, -0.1) is 0 Å². The molecule has 1 saturated carbocycles. The molecule has 3 aliphatic rings. The van der Waals surface area contributed by atoms with Gasteiger partial charge in [0.2, 0.25) is 17.7 Å². The first kappa shape index (κ1) is 20.6. The van der Waals surface area contributed by atoms with Crippen LogP contribution in [0.1, 0.15) is 56.4 Å². The highest BCUT2D eigenvalue weighted by Gasteiger charge is 2.34. The molecule has 2 atom stereocenters. The Balaban J connectivity index is 1.26. The van der Waals surface area contributed by atoms with Gasteiger partial charge in [-0.25, -0.2) is 0 Å². The second kappa shape index (κ2) is 8.98. The largest absolute Gasteiger partial charge is 0.490 e. The van der Waals surface area contributed by atoms with Crippen LogP contribution in [0.15, 0.2) is 24.3 Å². The van der Waals surface area contributed by atoms with E-state index in [1.165, 1.54) is 0 Å². The Kier molecular flexibility index (Phi) is 6.16. The fraction of sp³-hybridized carbons (Fsp3) is 0.565. The summed E-state index contributed by atoms with van der Waals surface area (Å²) in [5, 5.41) is 2.39. The van der Waals surface area contributed by atoms with Crippen LogP contribution in [0, 0.1) is 11.8 Å². The minimum atomic E-state index is -0.289. The lowest BCUT2D eigenvalue weighted by molar-refractivity contribution is -0.136. The summed E-state index contributed by atoms with van der Waals surface area (Å²) in [7, 11) is 0. The Morgan fingerprint density at radius 2 is 1.77 bits per heavy atom. The van der Waals surface area contributed by atoms with E-state index >= 15 is 0 Å². The average molecular weight is 412 g/mol. The number of carbonyl (C=O) groups is 4. The van der Waals surface area contributed by atoms with Crippen LogP contribution >= 0.6 is 0 Å². The van der Waals surface area contributed by atoms with E-state index in [4.69, 9.17) is 4.74 Å². The molecule has 30 heavy (non-hydrogen) atoms. The Hall–Kier alpha value is -2.70. The number of benzene rings is 1. The third-order valence-corrected chi connectivity index (χ3v) is 6.58. The van der Waals surface area contributed by atoms with E-state index < -0.39 is 0 Å². The van der Waals surface area contributed by atoms with Crippen LogP contribution in [0.5, 0.6) is 5.75 Å². The molecule has 160 valence electrons. The predicted octanol–water partition coefficient (Wildman–Crippen LogP) is 2.19. The maximum Gasteiger partial charge on any atom is 0.234 e. The molecular formula is C23H28N2O5. The molecule has 7 nitrogen and oxygen atoms in total. The molecule has 3 amide bonds. The number of aldehydes is 1. The number of hydrogen-bond donors (Lipinski definition) is 1. The predicted molar refractivity (Wildman–Crippen MR) is 109 cm³/mol. The normalized spacial score (nSPS) is 29.4. The van der Waals surface area contributed by atoms with Crippen molar-refractivity contribution >= 4 is 24.0 Å². The van der Waals surface area contributed by atoms with Gasteiger partial charge >= 0.3 is 0 Å². The lowest BCUT2D eigenvalue weighted by Crippen LogP contribution is -2.39. The smallest absolute Gasteiger partial charge is 0.234 e. The Bertz CT molecular complexity index is 813. The Morgan fingerprint density at radius 1 is 1.03 bits per heavy atom. The summed E-state index contributed by atoms with van der Waals surface area (Å²) in [4.78, 5) is 48.8. The van der Waals surface area contributed by atoms with Gasteiger partial charge in [0, 0.05) is 31.3 Å². The number of nitrogens with one attached hydrogen (secondary N) is 1. The third kappa shape index (κ3) is 4.55. The van der Waals surface area contributed by atoms with Crippen LogP contribution in [0.3, 0.4) is 0 Å². The van der Waals surface area contributed by atoms with Gasteiger partial charge in [-0.3, -0.25) is 19.7 Å². The molecule has 1 unspecified atom stereocenters. The van der Waals surface area contributed by atoms with E-state index in [1.807, 2.05) is 29.2 Å². The van der Waals surface area contributed by atoms with Crippen LogP contribution < -0.4 is 10.1 Å². The van der Waals surface area contributed by atoms with Crippen molar-refractivity contribution in [3.63, 3.8) is 0 Å². The summed E-state index contributed by atoms with van der Waals surface area (Å²) < 4.78 is 6.10. The number of rotatable bonds is 5. The highest BCUT2D eigenvalue weighted by Crippen LogP contribution is 2.31. The molecule has 0 spiro atoms. The maximum atomic E-state index is 12.7. The van der Waals surface area contributed by atoms with Crippen molar-refractivity contribution in [2.24, 2.45) is 11.8 Å². The fourth-order valence-corrected chi connectivity index (χ4v) is 4.77. The topological polar surface area (TPSA) is 92.8 Å². The monoisotopic (exact) mass is 412 g/mol. The second-order valence-electron chi connectivity index (χ2n) is 8.63. The van der Waals surface area contributed by atoms with Crippen molar-refractivity contribution in [2.45, 2.75) is 57.0 Å². The highest BCUT2D eigenvalue weighted by atomic mass is 16.5. The van der Waals surface area contributed by atoms with Crippen LogP contribution in [0.2, 0.25) is 0 Å². The van der Waals surface area contributed by atoms with Crippen molar-refractivity contribution in [1.82, 2.24) is 10.2 Å². The number of hydrogen-bond acceptors (Lipinski definition) is 5. The molecule has 0 bridgehead atoms. The number of amides is 3. The molecule has 3 fully saturated rings. The quantitative estimate of drug-likeness (QED) is 0.591. The molecule has 4 rings (SSSR count). The molecule has 2 heterocycles. The first-order valence-electron chi connectivity index (χ1n) is 10.9. The molecule has 1 aromatic rings. The van der Waals surface area contributed by atoms with Gasteiger partial charge in [-0.05, 0) is 56.2 Å². The van der Waals surface area contributed by atoms with Gasteiger partial charge in [0.15, 0.2) is 0 Å². The number of ether oxygens (including phenoxy) is 1. The van der Waals surface area contributed by atoms with E-state index in [-0.39, 0.29) is 41.6 Å². The van der Waals surface area contributed by atoms with Crippen molar-refractivity contribution in [3.8, 4) is 5.75 Å². The minimum absolute atomic E-state index is 0.00299. The third-order valence-electron chi connectivity index (χ3n) is 6.58. The van der Waals surface area contributed by atoms with E-state index in [2.05, 4.69) is 5.32 Å². The van der Waals surface area contributed by atoms with Crippen molar-refractivity contribution < 1.29 is 23.9 Å². The summed E-state index contributed by atoms with van der Waals surface area (Å²) >= 11 is 0. The number of carbonyl (C=O) groups excluding carboxylic acids is 4. The minimum Gasteiger partial charge on any atom is -0.490 e. The molecule has 1 N–H and O–H groups in total. The summed E-state index contributed by atoms with van der Waals surface area (Å²) in [5.41, 5.74) is 0.890. The second-order valence-corrected chi connectivity index (χ2v) is 8.63. The average Bonchev–Trinajstić information content (AvgIpc) is 3.24. The van der Waals surface area contributed by atoms with Crippen LogP contribution in [-0.4, -0.2) is 48.1 Å². The Labute approximate surface area is 176 Å². The summed E-state index contributed by atoms with van der Waals surface area (Å²) in [6.07, 6.45) is 5.99. The van der Waals surface area contributed by atoms with Gasteiger partial charge < -0.3 is 14.4 Å². The summed E-state index contributed by atoms with van der Waals surface area (Å²) in [6.45, 7) is 1.26. The van der Waals surface area contributed by atoms with Crippen molar-refractivity contribution in [1.29, 1.82) is 0 Å². The first-order chi connectivity index (χ1) is 14.5. The zero-order valence-corrected chi connectivity index (χ0v) is 17.0. The molecule has 2 aliphatic heterocycles. The molecule has 0 aromatic heterocycles. The van der Waals surface area contributed by atoms with Gasteiger partial charge in [-0.2, -0.15) is 0 Å². The molecule has 2 saturated heterocycles. The zero-order chi connectivity index (χ0) is 21.1. The van der Waals surface area contributed by atoms with Gasteiger partial charge in [0.05, 0.1) is 12.0 Å². The van der Waals surface area contributed by atoms with Gasteiger partial charge in [0.25, 0.3) is 0 Å². The fourth-order valence-electron chi connectivity index (χ4n) is 4.77. The van der Waals surface area contributed by atoms with Crippen molar-refractivity contribution in [3.05, 3.63) is 29.8 Å². The van der Waals surface area contributed by atoms with Crippen molar-refractivity contribution in [2.75, 3.05) is 13.1 Å². The molecule has 1 aliphatic carbocycles. The van der Waals surface area contributed by atoms with E-state index in [9.17, 15) is 19.2 Å². The lowest BCUT2D eigenvalue weighted by Gasteiger charge is -2.31. The Morgan fingerprint density at radius 3 is 2.40 bits per heavy atom. The maximum absolute atomic E-state index is 12.7. The van der Waals surface area contributed by atoms with Gasteiger partial charge in [-0.1, -0.05) is 12.1 Å². The number of piperidine rings is 1. The molecule has 0 radical (unpaired) electrons. The van der Waals surface area contributed by atoms with E-state index in [0.717, 1.165) is 49.7 Å². The standard InChI is InChI=1S/C23H28N2O5/c26-14-15-11-12-25(13-15)23(29)17-3-7-19(8-4-17)30-18-5-1-16(2-6-18)20-9-10-21(27)24-22(20)28/h1-2,5-6,14-15,17,19-20H,3-4,7-13H2,(H,24,27,28)/t15-,17-,19-,20?/m1/s1. The van der Waals surface area contributed by atoms with Gasteiger partial charge in [0.1, 0.15) is 12.0 Å². The van der Waals surface area contributed by atoms with Crippen LogP contribution in [-0.2, 0) is 19.2 Å². The number of likely N-dealkylation sites (tertiary alicyclic amines) is 1.